The first-order valence-electron chi connectivity index (χ1n) is 6.19. The molecule has 2 aromatic rings. The maximum atomic E-state index is 12.5. The molecular weight excluding hydrogens is 354 g/mol. The number of hydrogen-bond donors (Lipinski definition) is 0. The van der Waals surface area contributed by atoms with Crippen molar-refractivity contribution in [1.82, 2.24) is 0 Å². The Morgan fingerprint density at radius 2 is 2.14 bits per heavy atom. The molecule has 106 valence electrons. The number of ether oxygens (including phenoxy) is 2. The van der Waals surface area contributed by atoms with E-state index in [1.165, 1.54) is 11.3 Å². The van der Waals surface area contributed by atoms with Gasteiger partial charge in [0.15, 0.2) is 17.3 Å². The van der Waals surface area contributed by atoms with Crippen molar-refractivity contribution in [3.8, 4) is 17.6 Å². The fourth-order valence-corrected chi connectivity index (χ4v) is 3.61. The van der Waals surface area contributed by atoms with E-state index in [2.05, 4.69) is 22.0 Å². The zero-order chi connectivity index (χ0) is 15.0. The van der Waals surface area contributed by atoms with Gasteiger partial charge in [0.2, 0.25) is 6.79 Å². The van der Waals surface area contributed by atoms with Crippen LogP contribution in [0.25, 0.3) is 0 Å². The molecule has 1 aliphatic rings. The van der Waals surface area contributed by atoms with Gasteiger partial charge < -0.3 is 9.47 Å². The Balaban J connectivity index is 1.95. The summed E-state index contributed by atoms with van der Waals surface area (Å²) in [6.45, 7) is 2.08. The van der Waals surface area contributed by atoms with Crippen LogP contribution >= 0.6 is 27.3 Å². The highest BCUT2D eigenvalue weighted by Crippen LogP contribution is 2.36. The lowest BCUT2D eigenvalue weighted by Crippen LogP contribution is -2.09. The van der Waals surface area contributed by atoms with Crippen LogP contribution in [0.4, 0.5) is 0 Å². The number of aryl methyl sites for hydroxylation is 1. The van der Waals surface area contributed by atoms with E-state index in [4.69, 9.17) is 9.47 Å². The molecule has 4 nitrogen and oxygen atoms in total. The van der Waals surface area contributed by atoms with Crippen LogP contribution in [0.15, 0.2) is 28.1 Å². The van der Waals surface area contributed by atoms with Gasteiger partial charge >= 0.3 is 0 Å². The van der Waals surface area contributed by atoms with E-state index in [1.54, 1.807) is 24.3 Å². The van der Waals surface area contributed by atoms with Crippen LogP contribution in [0.3, 0.4) is 0 Å². The van der Waals surface area contributed by atoms with Crippen molar-refractivity contribution in [2.75, 3.05) is 6.79 Å². The van der Waals surface area contributed by atoms with Crippen LogP contribution < -0.4 is 9.47 Å². The molecule has 0 radical (unpaired) electrons. The van der Waals surface area contributed by atoms with E-state index in [1.807, 2.05) is 6.92 Å². The second-order valence-electron chi connectivity index (χ2n) is 4.61. The highest BCUT2D eigenvalue weighted by molar-refractivity contribution is 9.11. The van der Waals surface area contributed by atoms with Crippen LogP contribution in [-0.4, -0.2) is 12.6 Å². The molecule has 0 fully saturated rings. The minimum Gasteiger partial charge on any atom is -0.454 e. The zero-order valence-corrected chi connectivity index (χ0v) is 13.5. The number of thiophene rings is 1. The molecule has 0 saturated carbocycles. The molecule has 6 heteroatoms. The third kappa shape index (κ3) is 2.55. The third-order valence-corrected chi connectivity index (χ3v) is 5.37. The van der Waals surface area contributed by atoms with Gasteiger partial charge in [-0.15, -0.1) is 11.3 Å². The number of rotatable bonds is 3. The van der Waals surface area contributed by atoms with Crippen LogP contribution in [0.5, 0.6) is 11.5 Å². The molecule has 1 atom stereocenters. The van der Waals surface area contributed by atoms with E-state index in [-0.39, 0.29) is 12.6 Å². The van der Waals surface area contributed by atoms with Gasteiger partial charge in [0, 0.05) is 0 Å². The number of nitriles is 1. The predicted molar refractivity (Wildman–Crippen MR) is 82.0 cm³/mol. The Morgan fingerprint density at radius 1 is 1.38 bits per heavy atom. The van der Waals surface area contributed by atoms with E-state index in [0.717, 1.165) is 9.35 Å². The van der Waals surface area contributed by atoms with Gasteiger partial charge in [-0.3, -0.25) is 4.79 Å². The maximum absolute atomic E-state index is 12.5. The summed E-state index contributed by atoms with van der Waals surface area (Å²) < 4.78 is 11.4. The summed E-state index contributed by atoms with van der Waals surface area (Å²) in [5, 5.41) is 9.39. The number of halogens is 1. The lowest BCUT2D eigenvalue weighted by atomic mass is 9.95. The first-order valence-corrected chi connectivity index (χ1v) is 7.80. The summed E-state index contributed by atoms with van der Waals surface area (Å²) in [4.78, 5) is 13.1. The van der Waals surface area contributed by atoms with Gasteiger partial charge in [-0.2, -0.15) is 5.26 Å². The standard InChI is InChI=1S/C15H10BrNO3S/c1-8-4-13(21-15(8)16)14(18)10(6-17)9-2-3-11-12(5-9)20-7-19-11/h2-5,10H,7H2,1H3. The normalized spacial score (nSPS) is 13.8. The molecule has 1 aliphatic heterocycles. The maximum Gasteiger partial charge on any atom is 0.231 e. The summed E-state index contributed by atoms with van der Waals surface area (Å²) in [5.41, 5.74) is 1.61. The fraction of sp³-hybridized carbons (Fsp3) is 0.200. The topological polar surface area (TPSA) is 59.3 Å². The van der Waals surface area contributed by atoms with Crippen LogP contribution in [0.1, 0.15) is 26.7 Å². The van der Waals surface area contributed by atoms with Crippen molar-refractivity contribution < 1.29 is 14.3 Å². The number of benzene rings is 1. The van der Waals surface area contributed by atoms with Gasteiger partial charge in [-0.1, -0.05) is 6.07 Å². The van der Waals surface area contributed by atoms with Crippen LogP contribution in [0, 0.1) is 18.3 Å². The zero-order valence-electron chi connectivity index (χ0n) is 11.1. The Morgan fingerprint density at radius 3 is 2.81 bits per heavy atom. The molecule has 3 rings (SSSR count). The molecule has 2 heterocycles. The van der Waals surface area contributed by atoms with E-state index in [0.29, 0.717) is 21.9 Å². The van der Waals surface area contributed by atoms with Gasteiger partial charge in [0.1, 0.15) is 5.92 Å². The monoisotopic (exact) mass is 363 g/mol. The second kappa shape index (κ2) is 5.51. The minimum absolute atomic E-state index is 0.168. The number of nitrogens with zero attached hydrogens (tertiary/aromatic N) is 1. The molecule has 1 aromatic carbocycles. The number of hydrogen-bond acceptors (Lipinski definition) is 5. The third-order valence-electron chi connectivity index (χ3n) is 3.22. The molecule has 1 aromatic heterocycles. The molecule has 0 amide bonds. The fourth-order valence-electron chi connectivity index (χ4n) is 2.10. The number of carbonyl (C=O) groups excluding carboxylic acids is 1. The van der Waals surface area contributed by atoms with E-state index >= 15 is 0 Å². The largest absolute Gasteiger partial charge is 0.454 e. The molecule has 21 heavy (non-hydrogen) atoms. The summed E-state index contributed by atoms with van der Waals surface area (Å²) in [7, 11) is 0. The molecule has 1 unspecified atom stereocenters. The van der Waals surface area contributed by atoms with E-state index < -0.39 is 5.92 Å². The van der Waals surface area contributed by atoms with Gasteiger partial charge in [0.25, 0.3) is 0 Å². The lowest BCUT2D eigenvalue weighted by Gasteiger charge is -2.08. The lowest BCUT2D eigenvalue weighted by molar-refractivity contribution is 0.0982. The Hall–Kier alpha value is -1.84. The summed E-state index contributed by atoms with van der Waals surface area (Å²) in [6, 6.07) is 9.04. The highest BCUT2D eigenvalue weighted by atomic mass is 79.9. The van der Waals surface area contributed by atoms with Crippen molar-refractivity contribution in [3.05, 3.63) is 44.1 Å². The quantitative estimate of drug-likeness (QED) is 0.772. The minimum atomic E-state index is -0.843. The average Bonchev–Trinajstić information content (AvgIpc) is 3.06. The van der Waals surface area contributed by atoms with Crippen molar-refractivity contribution in [1.29, 1.82) is 5.26 Å². The van der Waals surface area contributed by atoms with Crippen LogP contribution in [0.2, 0.25) is 0 Å². The molecule has 0 saturated heterocycles. The SMILES string of the molecule is Cc1cc(C(=O)C(C#N)c2ccc3c(c2)OCO3)sc1Br. The predicted octanol–water partition coefficient (Wildman–Crippen LogP) is 4.04. The summed E-state index contributed by atoms with van der Waals surface area (Å²) in [6.07, 6.45) is 0. The summed E-state index contributed by atoms with van der Waals surface area (Å²) >= 11 is 4.75. The smallest absolute Gasteiger partial charge is 0.231 e. The van der Waals surface area contributed by atoms with E-state index in [9.17, 15) is 10.1 Å². The summed E-state index contributed by atoms with van der Waals surface area (Å²) in [5.74, 6) is 0.168. The first-order chi connectivity index (χ1) is 10.1. The van der Waals surface area contributed by atoms with Crippen LogP contribution in [-0.2, 0) is 0 Å². The highest BCUT2D eigenvalue weighted by Gasteiger charge is 2.26. The molecule has 0 bridgehead atoms. The number of Topliss-reactive ketones (excluding diaryl/α,β-unsaturated/α-hetero) is 1. The average molecular weight is 364 g/mol. The number of ketones is 1. The molecule has 0 N–H and O–H groups in total. The Kier molecular flexibility index (Phi) is 3.70. The first kappa shape index (κ1) is 14.1. The molecule has 0 aliphatic carbocycles. The van der Waals surface area contributed by atoms with Crippen molar-refractivity contribution in [3.63, 3.8) is 0 Å². The van der Waals surface area contributed by atoms with Crippen molar-refractivity contribution >= 4 is 33.0 Å². The molecule has 0 spiro atoms. The van der Waals surface area contributed by atoms with Crippen molar-refractivity contribution in [2.24, 2.45) is 0 Å². The molecular formula is C15H10BrNO3S. The van der Waals surface area contributed by atoms with Gasteiger partial charge in [0.05, 0.1) is 14.7 Å². The number of carbonyl (C=O) groups is 1. The van der Waals surface area contributed by atoms with Gasteiger partial charge in [-0.05, 0) is 52.2 Å². The van der Waals surface area contributed by atoms with Gasteiger partial charge in [-0.25, -0.2) is 0 Å². The van der Waals surface area contributed by atoms with Crippen molar-refractivity contribution in [2.45, 2.75) is 12.8 Å². The Bertz CT molecular complexity index is 743. The Labute approximate surface area is 134 Å². The second-order valence-corrected chi connectivity index (χ2v) is 6.98. The number of fused-ring (bicyclic) bond motifs is 1.